The third-order valence-electron chi connectivity index (χ3n) is 14.4. The molecule has 14 rings (SSSR count). The maximum Gasteiger partial charge on any atom is 0.0462 e. The fourth-order valence-corrected chi connectivity index (χ4v) is 14.5. The van der Waals surface area contributed by atoms with Crippen LogP contribution in [-0.2, 0) is 0 Å². The van der Waals surface area contributed by atoms with Gasteiger partial charge in [0.1, 0.15) is 0 Å². The van der Waals surface area contributed by atoms with Crippen LogP contribution >= 0.6 is 45.3 Å². The summed E-state index contributed by atoms with van der Waals surface area (Å²) in [5, 5.41) is 2.56. The molecule has 6 heteroatoms. The average Bonchev–Trinajstić information content (AvgIpc) is 4.38. The zero-order valence-corrected chi connectivity index (χ0v) is 45.5. The van der Waals surface area contributed by atoms with E-state index < -0.39 is 0 Å². The van der Waals surface area contributed by atoms with E-state index in [1.54, 1.807) is 0 Å². The van der Waals surface area contributed by atoms with E-state index in [0.29, 0.717) is 0 Å². The Morgan fingerprint density at radius 3 is 0.718 bits per heavy atom. The third kappa shape index (κ3) is 9.57. The van der Waals surface area contributed by atoms with Gasteiger partial charge in [-0.1, -0.05) is 170 Å². The number of fused-ring (bicyclic) bond motifs is 2. The van der Waals surface area contributed by atoms with Crippen LogP contribution in [0.15, 0.2) is 291 Å². The fraction of sp³-hybridized carbons (Fsp3) is 0. The maximum absolute atomic E-state index is 2.37. The topological polar surface area (TPSA) is 6.48 Å². The lowest BCUT2D eigenvalue weighted by atomic mass is 10.0. The van der Waals surface area contributed by atoms with Gasteiger partial charge in [-0.2, -0.15) is 0 Å². The van der Waals surface area contributed by atoms with Gasteiger partial charge in [0.25, 0.3) is 0 Å². The Bertz CT molecular complexity index is 4020. The Hall–Kier alpha value is -8.88. The normalized spacial score (nSPS) is 11.3. The predicted molar refractivity (Wildman–Crippen MR) is 340 cm³/mol. The predicted octanol–water partition coefficient (Wildman–Crippen LogP) is 22.8. The van der Waals surface area contributed by atoms with E-state index in [4.69, 9.17) is 0 Å². The van der Waals surface area contributed by atoms with Crippen molar-refractivity contribution in [3.63, 3.8) is 0 Å². The highest BCUT2D eigenvalue weighted by molar-refractivity contribution is 7.22. The first-order chi connectivity index (χ1) is 38.6. The van der Waals surface area contributed by atoms with Gasteiger partial charge in [0.15, 0.2) is 0 Å². The summed E-state index contributed by atoms with van der Waals surface area (Å²) in [6.45, 7) is 0. The first-order valence-electron chi connectivity index (χ1n) is 26.1. The van der Waals surface area contributed by atoms with Crippen molar-refractivity contribution in [2.45, 2.75) is 0 Å². The Balaban J connectivity index is 0.772. The molecule has 2 nitrogen and oxygen atoms in total. The molecule has 4 heterocycles. The van der Waals surface area contributed by atoms with Crippen LogP contribution in [0, 0.1) is 0 Å². The number of thiophene rings is 4. The molecule has 0 aliphatic heterocycles. The number of hydrogen-bond acceptors (Lipinski definition) is 6. The highest BCUT2D eigenvalue weighted by Crippen LogP contribution is 2.44. The minimum atomic E-state index is 1.09. The Kier molecular flexibility index (Phi) is 12.8. The Labute approximate surface area is 471 Å². The lowest BCUT2D eigenvalue weighted by Crippen LogP contribution is -2.10. The second kappa shape index (κ2) is 20.9. The molecule has 0 N–H and O–H groups in total. The molecular weight excluding hydrogens is 1020 g/mol. The van der Waals surface area contributed by atoms with Crippen molar-refractivity contribution in [2.24, 2.45) is 0 Å². The third-order valence-corrected chi connectivity index (χ3v) is 19.1. The second-order valence-corrected chi connectivity index (χ2v) is 23.6. The molecule has 0 aliphatic rings. The van der Waals surface area contributed by atoms with Gasteiger partial charge in [0, 0.05) is 72.8 Å². The molecule has 0 aliphatic carbocycles. The SMILES string of the molecule is c1ccc(-c2ccc(-c3ccc(N(c4ccc(-c5ccc(N(c6ccc(-c7cc8ccccc8s7)cc6)c6ccc(-c7cc8ccccc8s7)cc6)cc5)cc4)c4ccc(-c5ccc(-c6ccccc6)s5)cc4)cc3)s2)cc1. The van der Waals surface area contributed by atoms with Gasteiger partial charge < -0.3 is 9.80 Å². The maximum atomic E-state index is 2.37. The average molecular weight is 1070 g/mol. The highest BCUT2D eigenvalue weighted by Gasteiger charge is 2.18. The van der Waals surface area contributed by atoms with Crippen molar-refractivity contribution >= 4 is 99.6 Å². The van der Waals surface area contributed by atoms with Gasteiger partial charge >= 0.3 is 0 Å². The minimum Gasteiger partial charge on any atom is -0.311 e. The molecule has 14 aromatic rings. The van der Waals surface area contributed by atoms with Crippen LogP contribution in [0.2, 0.25) is 0 Å². The summed E-state index contributed by atoms with van der Waals surface area (Å²) in [5.41, 5.74) is 16.2. The lowest BCUT2D eigenvalue weighted by molar-refractivity contribution is 1.28. The molecule has 0 saturated heterocycles. The molecule has 10 aromatic carbocycles. The number of anilines is 6. The van der Waals surface area contributed by atoms with E-state index in [-0.39, 0.29) is 0 Å². The molecule has 370 valence electrons. The van der Waals surface area contributed by atoms with E-state index in [1.165, 1.54) is 82.8 Å². The second-order valence-electron chi connectivity index (χ2n) is 19.3. The van der Waals surface area contributed by atoms with Crippen molar-refractivity contribution in [1.82, 2.24) is 0 Å². The molecule has 0 saturated carbocycles. The van der Waals surface area contributed by atoms with Crippen LogP contribution in [-0.4, -0.2) is 0 Å². The first kappa shape index (κ1) is 47.6. The van der Waals surface area contributed by atoms with E-state index >= 15 is 0 Å². The van der Waals surface area contributed by atoms with Gasteiger partial charge in [-0.15, -0.1) is 45.3 Å². The van der Waals surface area contributed by atoms with Crippen molar-refractivity contribution < 1.29 is 0 Å². The molecular formula is C72H48N2S4. The number of rotatable bonds is 13. The molecule has 0 fully saturated rings. The zero-order valence-electron chi connectivity index (χ0n) is 42.2. The quantitative estimate of drug-likeness (QED) is 0.114. The highest BCUT2D eigenvalue weighted by atomic mass is 32.1. The van der Waals surface area contributed by atoms with Crippen molar-refractivity contribution in [3.05, 3.63) is 291 Å². The van der Waals surface area contributed by atoms with Gasteiger partial charge in [-0.3, -0.25) is 0 Å². The van der Waals surface area contributed by atoms with E-state index in [2.05, 4.69) is 301 Å². The van der Waals surface area contributed by atoms with Gasteiger partial charge in [-0.25, -0.2) is 0 Å². The van der Waals surface area contributed by atoms with Crippen molar-refractivity contribution in [2.75, 3.05) is 9.80 Å². The largest absolute Gasteiger partial charge is 0.311 e. The molecule has 0 atom stereocenters. The van der Waals surface area contributed by atoms with E-state index in [1.807, 2.05) is 45.3 Å². The van der Waals surface area contributed by atoms with E-state index in [9.17, 15) is 0 Å². The summed E-state index contributed by atoms with van der Waals surface area (Å²) in [7, 11) is 0. The van der Waals surface area contributed by atoms with Crippen LogP contribution in [0.25, 0.3) is 93.9 Å². The fourth-order valence-electron chi connectivity index (χ4n) is 10.3. The van der Waals surface area contributed by atoms with Gasteiger partial charge in [-0.05, 0) is 177 Å². The first-order valence-corrected chi connectivity index (χ1v) is 29.4. The summed E-state index contributed by atoms with van der Waals surface area (Å²) in [6.07, 6.45) is 0. The standard InChI is InChI=1S/C72H48N2S4/c1-3-11-51(12-4-1)67-43-45-69(75-67)53-23-35-61(36-24-53)73(62-37-25-54(26-38-62)70-46-44-68(76-70)52-13-5-2-6-14-52)59-31-19-49(20-32-59)50-21-33-60(34-22-50)74(63-39-27-55(28-40-63)71-47-57-15-7-9-17-65(57)77-71)64-41-29-56(30-42-64)72-48-58-16-8-10-18-66(58)78-72/h1-48H. The summed E-state index contributed by atoms with van der Waals surface area (Å²) in [4.78, 5) is 12.3. The number of hydrogen-bond donors (Lipinski definition) is 0. The zero-order chi connectivity index (χ0) is 51.8. The molecule has 0 bridgehead atoms. The summed E-state index contributed by atoms with van der Waals surface area (Å²) in [6, 6.07) is 106. The smallest absolute Gasteiger partial charge is 0.0462 e. The van der Waals surface area contributed by atoms with Crippen LogP contribution in [0.1, 0.15) is 0 Å². The summed E-state index contributed by atoms with van der Waals surface area (Å²) in [5.74, 6) is 0. The van der Waals surface area contributed by atoms with Crippen molar-refractivity contribution in [3.8, 4) is 73.8 Å². The molecule has 0 spiro atoms. The van der Waals surface area contributed by atoms with Gasteiger partial charge in [0.2, 0.25) is 0 Å². The van der Waals surface area contributed by atoms with Crippen LogP contribution in [0.4, 0.5) is 34.1 Å². The van der Waals surface area contributed by atoms with Crippen LogP contribution < -0.4 is 9.80 Å². The molecule has 0 unspecified atom stereocenters. The summed E-state index contributed by atoms with van der Waals surface area (Å²) < 4.78 is 2.61. The van der Waals surface area contributed by atoms with Crippen LogP contribution in [0.5, 0.6) is 0 Å². The van der Waals surface area contributed by atoms with Gasteiger partial charge in [0.05, 0.1) is 0 Å². The molecule has 0 radical (unpaired) electrons. The number of benzene rings is 10. The molecule has 78 heavy (non-hydrogen) atoms. The Morgan fingerprint density at radius 2 is 0.423 bits per heavy atom. The minimum absolute atomic E-state index is 1.09. The lowest BCUT2D eigenvalue weighted by Gasteiger charge is -2.26. The van der Waals surface area contributed by atoms with E-state index in [0.717, 1.165) is 45.3 Å². The Morgan fingerprint density at radius 1 is 0.179 bits per heavy atom. The molecule has 4 aromatic heterocycles. The van der Waals surface area contributed by atoms with Crippen LogP contribution in [0.3, 0.4) is 0 Å². The number of nitrogens with zero attached hydrogens (tertiary/aromatic N) is 2. The molecule has 0 amide bonds. The van der Waals surface area contributed by atoms with Crippen molar-refractivity contribution in [1.29, 1.82) is 0 Å². The monoisotopic (exact) mass is 1070 g/mol. The summed E-state index contributed by atoms with van der Waals surface area (Å²) >= 11 is 7.35.